The molecular formula is C16H31N3O2. The van der Waals surface area contributed by atoms with Gasteiger partial charge in [-0.1, -0.05) is 19.3 Å². The number of amides is 1. The molecule has 0 aromatic heterocycles. The molecule has 5 nitrogen and oxygen atoms in total. The van der Waals surface area contributed by atoms with Crippen molar-refractivity contribution >= 4 is 5.91 Å². The normalized spacial score (nSPS) is 23.2. The van der Waals surface area contributed by atoms with Crippen LogP contribution in [0.25, 0.3) is 0 Å². The number of carbonyl (C=O) groups is 1. The molecule has 122 valence electrons. The van der Waals surface area contributed by atoms with Crippen LogP contribution in [-0.4, -0.2) is 56.7 Å². The van der Waals surface area contributed by atoms with Crippen molar-refractivity contribution in [1.29, 1.82) is 0 Å². The Kier molecular flexibility index (Phi) is 6.45. The molecule has 0 unspecified atom stereocenters. The summed E-state index contributed by atoms with van der Waals surface area (Å²) in [6, 6.07) is 0.696. The van der Waals surface area contributed by atoms with Crippen LogP contribution >= 0.6 is 0 Å². The third-order valence-corrected chi connectivity index (χ3v) is 5.27. The van der Waals surface area contributed by atoms with Crippen molar-refractivity contribution in [2.24, 2.45) is 11.1 Å². The van der Waals surface area contributed by atoms with Crippen LogP contribution in [0.5, 0.6) is 0 Å². The van der Waals surface area contributed by atoms with E-state index in [4.69, 9.17) is 10.5 Å². The second kappa shape index (κ2) is 8.11. The van der Waals surface area contributed by atoms with Crippen molar-refractivity contribution in [1.82, 2.24) is 10.2 Å². The predicted octanol–water partition coefficient (Wildman–Crippen LogP) is 1.12. The number of nitrogens with zero attached hydrogens (tertiary/aromatic N) is 1. The van der Waals surface area contributed by atoms with E-state index in [1.165, 1.54) is 32.1 Å². The van der Waals surface area contributed by atoms with Crippen LogP contribution in [0, 0.1) is 5.41 Å². The second-order valence-electron chi connectivity index (χ2n) is 6.63. The van der Waals surface area contributed by atoms with E-state index in [1.54, 1.807) is 0 Å². The van der Waals surface area contributed by atoms with Gasteiger partial charge in [-0.3, -0.25) is 4.79 Å². The molecule has 2 aliphatic rings. The summed E-state index contributed by atoms with van der Waals surface area (Å²) in [5.74, 6) is 0.116. The van der Waals surface area contributed by atoms with Crippen LogP contribution in [0.3, 0.4) is 0 Å². The van der Waals surface area contributed by atoms with Gasteiger partial charge in [0.25, 0.3) is 0 Å². The maximum Gasteiger partial charge on any atom is 0.227 e. The van der Waals surface area contributed by atoms with E-state index in [9.17, 15) is 4.79 Å². The van der Waals surface area contributed by atoms with E-state index < -0.39 is 5.41 Å². The van der Waals surface area contributed by atoms with Crippen molar-refractivity contribution in [2.75, 3.05) is 39.9 Å². The van der Waals surface area contributed by atoms with Crippen molar-refractivity contribution < 1.29 is 9.53 Å². The minimum atomic E-state index is -0.401. The first-order valence-electron chi connectivity index (χ1n) is 8.44. The first kappa shape index (κ1) is 16.7. The molecule has 0 aromatic rings. The van der Waals surface area contributed by atoms with Gasteiger partial charge in [-0.05, 0) is 32.7 Å². The molecule has 1 saturated carbocycles. The Morgan fingerprint density at radius 2 is 1.95 bits per heavy atom. The van der Waals surface area contributed by atoms with E-state index in [0.717, 1.165) is 19.4 Å². The second-order valence-corrected chi connectivity index (χ2v) is 6.63. The van der Waals surface area contributed by atoms with Crippen molar-refractivity contribution in [3.8, 4) is 0 Å². The van der Waals surface area contributed by atoms with E-state index >= 15 is 0 Å². The molecule has 1 heterocycles. The maximum absolute atomic E-state index is 12.4. The standard InChI is InChI=1S/C16H31N3O2/c1-19(14-5-3-2-4-6-14)10-9-18-15(20)16(13-17)7-11-21-12-8-16/h14H,2-13,17H2,1H3,(H,18,20). The third-order valence-electron chi connectivity index (χ3n) is 5.27. The van der Waals surface area contributed by atoms with Gasteiger partial charge >= 0.3 is 0 Å². The Morgan fingerprint density at radius 3 is 2.57 bits per heavy atom. The summed E-state index contributed by atoms with van der Waals surface area (Å²) >= 11 is 0. The number of hydrogen-bond donors (Lipinski definition) is 2. The fourth-order valence-electron chi connectivity index (χ4n) is 3.52. The number of hydrogen-bond acceptors (Lipinski definition) is 4. The van der Waals surface area contributed by atoms with Crippen LogP contribution < -0.4 is 11.1 Å². The van der Waals surface area contributed by atoms with Gasteiger partial charge in [0.1, 0.15) is 0 Å². The molecule has 5 heteroatoms. The number of carbonyl (C=O) groups excluding carboxylic acids is 1. The molecule has 0 aromatic carbocycles. The summed E-state index contributed by atoms with van der Waals surface area (Å²) in [5.41, 5.74) is 5.46. The van der Waals surface area contributed by atoms with Gasteiger partial charge in [-0.15, -0.1) is 0 Å². The first-order chi connectivity index (χ1) is 10.2. The molecule has 0 radical (unpaired) electrons. The fourth-order valence-corrected chi connectivity index (χ4v) is 3.52. The van der Waals surface area contributed by atoms with Gasteiger partial charge in [-0.2, -0.15) is 0 Å². The molecular weight excluding hydrogens is 266 g/mol. The Bertz CT molecular complexity index is 323. The fraction of sp³-hybridized carbons (Fsp3) is 0.938. The summed E-state index contributed by atoms with van der Waals surface area (Å²) in [5, 5.41) is 3.10. The number of ether oxygens (including phenoxy) is 1. The predicted molar refractivity (Wildman–Crippen MR) is 84.1 cm³/mol. The number of likely N-dealkylation sites (N-methyl/N-ethyl adjacent to an activating group) is 1. The summed E-state index contributed by atoms with van der Waals surface area (Å²) in [4.78, 5) is 14.8. The number of rotatable bonds is 6. The van der Waals surface area contributed by atoms with E-state index in [-0.39, 0.29) is 5.91 Å². The zero-order valence-electron chi connectivity index (χ0n) is 13.4. The SMILES string of the molecule is CN(CCNC(=O)C1(CN)CCOCC1)C1CCCCC1. The topological polar surface area (TPSA) is 67.6 Å². The van der Waals surface area contributed by atoms with Gasteiger partial charge < -0.3 is 20.7 Å². The molecule has 3 N–H and O–H groups in total. The van der Waals surface area contributed by atoms with E-state index in [1.807, 2.05) is 0 Å². The van der Waals surface area contributed by atoms with Crippen LogP contribution in [0.1, 0.15) is 44.9 Å². The molecule has 1 saturated heterocycles. The van der Waals surface area contributed by atoms with Crippen LogP contribution in [0.15, 0.2) is 0 Å². The quantitative estimate of drug-likeness (QED) is 0.771. The largest absolute Gasteiger partial charge is 0.381 e. The highest BCUT2D eigenvalue weighted by atomic mass is 16.5. The van der Waals surface area contributed by atoms with Crippen molar-refractivity contribution in [3.63, 3.8) is 0 Å². The molecule has 1 aliphatic heterocycles. The van der Waals surface area contributed by atoms with Crippen molar-refractivity contribution in [3.05, 3.63) is 0 Å². The van der Waals surface area contributed by atoms with Gasteiger partial charge in [-0.25, -0.2) is 0 Å². The Morgan fingerprint density at radius 1 is 1.29 bits per heavy atom. The zero-order chi connectivity index (χ0) is 15.1. The minimum absolute atomic E-state index is 0.116. The molecule has 0 atom stereocenters. The lowest BCUT2D eigenvalue weighted by atomic mass is 9.79. The monoisotopic (exact) mass is 297 g/mol. The highest BCUT2D eigenvalue weighted by molar-refractivity contribution is 5.83. The average Bonchev–Trinajstić information content (AvgIpc) is 2.56. The molecule has 2 rings (SSSR count). The zero-order valence-corrected chi connectivity index (χ0v) is 13.4. The Balaban J connectivity index is 1.72. The maximum atomic E-state index is 12.4. The van der Waals surface area contributed by atoms with Crippen LogP contribution in [0.2, 0.25) is 0 Å². The van der Waals surface area contributed by atoms with E-state index in [0.29, 0.717) is 32.3 Å². The Hall–Kier alpha value is -0.650. The molecule has 21 heavy (non-hydrogen) atoms. The lowest BCUT2D eigenvalue weighted by molar-refractivity contribution is -0.135. The van der Waals surface area contributed by atoms with Crippen molar-refractivity contribution in [2.45, 2.75) is 51.0 Å². The molecule has 1 amide bonds. The summed E-state index contributed by atoms with van der Waals surface area (Å²) in [6.45, 7) is 3.35. The third kappa shape index (κ3) is 4.41. The molecule has 0 spiro atoms. The minimum Gasteiger partial charge on any atom is -0.381 e. The number of nitrogens with one attached hydrogen (secondary N) is 1. The first-order valence-corrected chi connectivity index (χ1v) is 8.44. The van der Waals surface area contributed by atoms with Gasteiger partial charge in [0.05, 0.1) is 5.41 Å². The molecule has 0 bridgehead atoms. The summed E-state index contributed by atoms with van der Waals surface area (Å²) < 4.78 is 5.35. The lowest BCUT2D eigenvalue weighted by Crippen LogP contribution is -2.50. The number of nitrogens with two attached hydrogens (primary N) is 1. The smallest absolute Gasteiger partial charge is 0.227 e. The average molecular weight is 297 g/mol. The van der Waals surface area contributed by atoms with Gasteiger partial charge in [0.15, 0.2) is 0 Å². The van der Waals surface area contributed by atoms with Crippen LogP contribution in [0.4, 0.5) is 0 Å². The van der Waals surface area contributed by atoms with E-state index in [2.05, 4.69) is 17.3 Å². The summed E-state index contributed by atoms with van der Waals surface area (Å²) in [6.07, 6.45) is 8.15. The lowest BCUT2D eigenvalue weighted by Gasteiger charge is -2.35. The highest BCUT2D eigenvalue weighted by Gasteiger charge is 2.38. The van der Waals surface area contributed by atoms with Crippen LogP contribution in [-0.2, 0) is 9.53 Å². The summed E-state index contributed by atoms with van der Waals surface area (Å²) in [7, 11) is 2.18. The Labute approximate surface area is 128 Å². The van der Waals surface area contributed by atoms with Gasteiger partial charge in [0.2, 0.25) is 5.91 Å². The molecule has 2 fully saturated rings. The molecule has 1 aliphatic carbocycles. The highest BCUT2D eigenvalue weighted by Crippen LogP contribution is 2.29. The van der Waals surface area contributed by atoms with Gasteiger partial charge in [0, 0.05) is 38.9 Å².